The van der Waals surface area contributed by atoms with Crippen molar-refractivity contribution in [2.75, 3.05) is 6.54 Å². The van der Waals surface area contributed by atoms with Crippen molar-refractivity contribution in [1.82, 2.24) is 15.6 Å². The zero-order valence-electron chi connectivity index (χ0n) is 16.5. The van der Waals surface area contributed by atoms with E-state index in [-0.39, 0.29) is 24.1 Å². The highest BCUT2D eigenvalue weighted by atomic mass is 35.5. The van der Waals surface area contributed by atoms with Crippen molar-refractivity contribution in [2.24, 2.45) is 0 Å². The van der Waals surface area contributed by atoms with Crippen LogP contribution in [0.5, 0.6) is 0 Å². The summed E-state index contributed by atoms with van der Waals surface area (Å²) in [6.45, 7) is 0.548. The highest BCUT2D eigenvalue weighted by Crippen LogP contribution is 2.32. The molecule has 1 fully saturated rings. The third kappa shape index (κ3) is 4.77. The van der Waals surface area contributed by atoms with Crippen LogP contribution in [0.3, 0.4) is 0 Å². The minimum atomic E-state index is -0.506. The Morgan fingerprint density at radius 2 is 1.90 bits per heavy atom. The largest absolute Gasteiger partial charge is 0.354 e. The number of carbonyl (C=O) groups is 2. The number of aryl methyl sites for hydroxylation is 1. The minimum absolute atomic E-state index is 0.151. The molecule has 2 amide bonds. The van der Waals surface area contributed by atoms with Gasteiger partial charge in [0.2, 0.25) is 11.8 Å². The van der Waals surface area contributed by atoms with E-state index >= 15 is 0 Å². The summed E-state index contributed by atoms with van der Waals surface area (Å²) in [7, 11) is 0. The van der Waals surface area contributed by atoms with Crippen molar-refractivity contribution in [3.05, 3.63) is 70.8 Å². The van der Waals surface area contributed by atoms with Crippen LogP contribution in [0.25, 0.3) is 22.5 Å². The maximum atomic E-state index is 14.5. The molecule has 4 rings (SSSR count). The molecule has 0 saturated carbocycles. The average Bonchev–Trinajstić information content (AvgIpc) is 3.33. The van der Waals surface area contributed by atoms with E-state index in [1.807, 2.05) is 0 Å². The van der Waals surface area contributed by atoms with Crippen molar-refractivity contribution in [3.8, 4) is 22.5 Å². The summed E-state index contributed by atoms with van der Waals surface area (Å²) in [5.41, 5.74) is 3.04. The summed E-state index contributed by atoms with van der Waals surface area (Å²) in [5.74, 6) is -1.26. The first kappa shape index (κ1) is 21.1. The van der Waals surface area contributed by atoms with Crippen molar-refractivity contribution >= 4 is 23.4 Å². The Bertz CT molecular complexity index is 1130. The van der Waals surface area contributed by atoms with Gasteiger partial charge in [0.1, 0.15) is 17.7 Å². The Labute approximate surface area is 182 Å². The standard InChI is InChI=1S/C23H20ClF2N3O2/c24-15-4-7-17(18(26)12-15)20-11-14(22(29-20)13-1-5-16(25)6-2-13)3-8-21(30)28-19-9-10-27-23(19)31/h1-2,4-7,11-12,19,29H,3,8-10H2,(H,27,31)(H,28,30). The normalized spacial score (nSPS) is 15.7. The van der Waals surface area contributed by atoms with Crippen molar-refractivity contribution < 1.29 is 18.4 Å². The highest BCUT2D eigenvalue weighted by molar-refractivity contribution is 6.30. The van der Waals surface area contributed by atoms with Gasteiger partial charge >= 0.3 is 0 Å². The lowest BCUT2D eigenvalue weighted by Crippen LogP contribution is -2.40. The molecule has 3 aromatic rings. The molecule has 0 bridgehead atoms. The number of benzene rings is 2. The molecule has 2 aromatic carbocycles. The Kier molecular flexibility index (Phi) is 6.04. The topological polar surface area (TPSA) is 74.0 Å². The maximum absolute atomic E-state index is 14.5. The molecule has 0 spiro atoms. The van der Waals surface area contributed by atoms with Gasteiger partial charge < -0.3 is 15.6 Å². The van der Waals surface area contributed by atoms with Crippen molar-refractivity contribution in [3.63, 3.8) is 0 Å². The number of aromatic nitrogens is 1. The zero-order valence-corrected chi connectivity index (χ0v) is 17.2. The van der Waals surface area contributed by atoms with Crippen molar-refractivity contribution in [2.45, 2.75) is 25.3 Å². The molecule has 3 N–H and O–H groups in total. The zero-order chi connectivity index (χ0) is 22.0. The molecule has 1 atom stereocenters. The van der Waals surface area contributed by atoms with E-state index in [2.05, 4.69) is 15.6 Å². The van der Waals surface area contributed by atoms with Gasteiger partial charge in [-0.25, -0.2) is 8.78 Å². The maximum Gasteiger partial charge on any atom is 0.242 e. The number of halogens is 3. The SMILES string of the molecule is O=C(CCc1cc(-c2ccc(Cl)cc2F)[nH]c1-c1ccc(F)cc1)NC1CCNC1=O. The number of aromatic amines is 1. The van der Waals surface area contributed by atoms with Crippen LogP contribution < -0.4 is 10.6 Å². The van der Waals surface area contributed by atoms with Gasteiger partial charge in [-0.1, -0.05) is 11.6 Å². The van der Waals surface area contributed by atoms with Gasteiger partial charge in [0.15, 0.2) is 0 Å². The fourth-order valence-electron chi connectivity index (χ4n) is 3.67. The number of hydrogen-bond donors (Lipinski definition) is 3. The number of rotatable bonds is 6. The Balaban J connectivity index is 1.60. The van der Waals surface area contributed by atoms with Gasteiger partial charge in [-0.3, -0.25) is 9.59 Å². The molecular formula is C23H20ClF2N3O2. The van der Waals surface area contributed by atoms with E-state index in [1.165, 1.54) is 18.2 Å². The minimum Gasteiger partial charge on any atom is -0.354 e. The fourth-order valence-corrected chi connectivity index (χ4v) is 3.83. The number of H-pyrrole nitrogens is 1. The molecule has 2 heterocycles. The predicted octanol–water partition coefficient (Wildman–Crippen LogP) is 4.22. The average molecular weight is 444 g/mol. The van der Waals surface area contributed by atoms with Crippen LogP contribution in [-0.4, -0.2) is 29.4 Å². The highest BCUT2D eigenvalue weighted by Gasteiger charge is 2.25. The quantitative estimate of drug-likeness (QED) is 0.533. The molecule has 160 valence electrons. The Hall–Kier alpha value is -3.19. The molecule has 0 radical (unpaired) electrons. The second-order valence-corrected chi connectivity index (χ2v) is 7.85. The molecule has 1 saturated heterocycles. The van der Waals surface area contributed by atoms with E-state index in [0.717, 1.165) is 5.56 Å². The van der Waals surface area contributed by atoms with Gasteiger partial charge in [-0.15, -0.1) is 0 Å². The summed E-state index contributed by atoms with van der Waals surface area (Å²) in [5, 5.41) is 5.71. The molecule has 31 heavy (non-hydrogen) atoms. The molecule has 5 nitrogen and oxygen atoms in total. The van der Waals surface area contributed by atoms with Crippen LogP contribution in [0, 0.1) is 11.6 Å². The molecule has 1 aliphatic rings. The van der Waals surface area contributed by atoms with Gasteiger partial charge in [0, 0.05) is 34.9 Å². The summed E-state index contributed by atoms with van der Waals surface area (Å²) in [4.78, 5) is 27.2. The van der Waals surface area contributed by atoms with E-state index in [1.54, 1.807) is 30.3 Å². The summed E-state index contributed by atoms with van der Waals surface area (Å²) in [6, 6.07) is 11.6. The molecule has 8 heteroatoms. The summed E-state index contributed by atoms with van der Waals surface area (Å²) in [6.07, 6.45) is 1.08. The first-order valence-corrected chi connectivity index (χ1v) is 10.3. The molecular weight excluding hydrogens is 424 g/mol. The van der Waals surface area contributed by atoms with Gasteiger partial charge in [0.25, 0.3) is 0 Å². The van der Waals surface area contributed by atoms with Crippen LogP contribution in [0.15, 0.2) is 48.5 Å². The fraction of sp³-hybridized carbons (Fsp3) is 0.217. The number of nitrogens with one attached hydrogen (secondary N) is 3. The van der Waals surface area contributed by atoms with E-state index in [9.17, 15) is 18.4 Å². The molecule has 1 aliphatic heterocycles. The van der Waals surface area contributed by atoms with Gasteiger partial charge in [-0.05, 0) is 72.5 Å². The Morgan fingerprint density at radius 1 is 1.13 bits per heavy atom. The lowest BCUT2D eigenvalue weighted by Gasteiger charge is -2.10. The third-order valence-corrected chi connectivity index (χ3v) is 5.49. The number of hydrogen-bond acceptors (Lipinski definition) is 2. The molecule has 1 unspecified atom stereocenters. The van der Waals surface area contributed by atoms with Crippen LogP contribution in [0.4, 0.5) is 8.78 Å². The number of amides is 2. The lowest BCUT2D eigenvalue weighted by molar-refractivity contribution is -0.127. The smallest absolute Gasteiger partial charge is 0.242 e. The van der Waals surface area contributed by atoms with E-state index < -0.39 is 11.9 Å². The second-order valence-electron chi connectivity index (χ2n) is 7.41. The lowest BCUT2D eigenvalue weighted by atomic mass is 10.0. The summed E-state index contributed by atoms with van der Waals surface area (Å²) < 4.78 is 27.8. The monoisotopic (exact) mass is 443 g/mol. The Morgan fingerprint density at radius 3 is 2.58 bits per heavy atom. The predicted molar refractivity (Wildman–Crippen MR) is 114 cm³/mol. The number of carbonyl (C=O) groups excluding carboxylic acids is 2. The van der Waals surface area contributed by atoms with Gasteiger partial charge in [-0.2, -0.15) is 0 Å². The van der Waals surface area contributed by atoms with Crippen LogP contribution >= 0.6 is 11.6 Å². The van der Waals surface area contributed by atoms with Gasteiger partial charge in [0.05, 0.1) is 0 Å². The van der Waals surface area contributed by atoms with Crippen LogP contribution in [0.1, 0.15) is 18.4 Å². The third-order valence-electron chi connectivity index (χ3n) is 5.26. The first-order valence-electron chi connectivity index (χ1n) is 9.91. The second kappa shape index (κ2) is 8.89. The first-order chi connectivity index (χ1) is 14.9. The molecule has 0 aliphatic carbocycles. The van der Waals surface area contributed by atoms with Crippen molar-refractivity contribution in [1.29, 1.82) is 0 Å². The molecule has 1 aromatic heterocycles. The summed E-state index contributed by atoms with van der Waals surface area (Å²) >= 11 is 5.86. The van der Waals surface area contributed by atoms with E-state index in [0.29, 0.717) is 46.9 Å². The van der Waals surface area contributed by atoms with Crippen LogP contribution in [0.2, 0.25) is 5.02 Å². The van der Waals surface area contributed by atoms with Crippen LogP contribution in [-0.2, 0) is 16.0 Å². The van der Waals surface area contributed by atoms with E-state index in [4.69, 9.17) is 11.6 Å².